The van der Waals surface area contributed by atoms with Crippen LogP contribution in [0.25, 0.3) is 5.57 Å². The topological polar surface area (TPSA) is 63.7 Å². The summed E-state index contributed by atoms with van der Waals surface area (Å²) in [5.74, 6) is -0.775. The van der Waals surface area contributed by atoms with E-state index in [-0.39, 0.29) is 24.0 Å². The number of fused-ring (bicyclic) bond motifs is 1. The number of ether oxygens (including phenoxy) is 1. The lowest BCUT2D eigenvalue weighted by Crippen LogP contribution is -2.48. The Morgan fingerprint density at radius 3 is 2.45 bits per heavy atom. The fourth-order valence-electron chi connectivity index (χ4n) is 3.54. The lowest BCUT2D eigenvalue weighted by Gasteiger charge is -2.30. The zero-order valence-corrected chi connectivity index (χ0v) is 17.9. The van der Waals surface area contributed by atoms with Gasteiger partial charge in [-0.2, -0.15) is 4.31 Å². The van der Waals surface area contributed by atoms with Gasteiger partial charge in [0.15, 0.2) is 0 Å². The standard InChI is InChI=1S/C23H27NO4S/c1-16(2)22(23(25)28-15-19-11-9-17(3)10-12-19)24-14-13-18(4)20-7-5-6-8-21(20)29(24,26)27/h5-12,16,22H,4,13-15H2,1-3H3/t22-/m0/s1. The smallest absolute Gasteiger partial charge is 0.325 e. The van der Waals surface area contributed by atoms with Crippen molar-refractivity contribution < 1.29 is 17.9 Å². The normalized spacial score (nSPS) is 17.4. The van der Waals surface area contributed by atoms with Crippen molar-refractivity contribution in [1.29, 1.82) is 0 Å². The third kappa shape index (κ3) is 4.43. The van der Waals surface area contributed by atoms with Gasteiger partial charge in [-0.1, -0.05) is 68.5 Å². The molecule has 2 aromatic rings. The number of aryl methyl sites for hydroxylation is 1. The SMILES string of the molecule is C=C1CCN([C@H](C(=O)OCc2ccc(C)cc2)C(C)C)S(=O)(=O)c2ccccc21. The van der Waals surface area contributed by atoms with Crippen molar-refractivity contribution in [3.63, 3.8) is 0 Å². The molecule has 1 aliphatic heterocycles. The fraction of sp³-hybridized carbons (Fsp3) is 0.348. The molecule has 2 aromatic carbocycles. The Labute approximate surface area is 173 Å². The van der Waals surface area contributed by atoms with Crippen molar-refractivity contribution in [2.75, 3.05) is 6.54 Å². The molecule has 0 fully saturated rings. The van der Waals surface area contributed by atoms with Gasteiger partial charge in [0, 0.05) is 6.54 Å². The quantitative estimate of drug-likeness (QED) is 0.690. The van der Waals surface area contributed by atoms with Crippen LogP contribution in [-0.4, -0.2) is 31.3 Å². The van der Waals surface area contributed by atoms with E-state index in [9.17, 15) is 13.2 Å². The number of benzene rings is 2. The molecule has 0 aliphatic carbocycles. The molecule has 0 radical (unpaired) electrons. The molecule has 154 valence electrons. The van der Waals surface area contributed by atoms with Crippen molar-refractivity contribution >= 4 is 21.6 Å². The van der Waals surface area contributed by atoms with Crippen LogP contribution in [0.2, 0.25) is 0 Å². The van der Waals surface area contributed by atoms with E-state index in [1.807, 2.05) is 45.0 Å². The molecular formula is C23H27NO4S. The van der Waals surface area contributed by atoms with Gasteiger partial charge in [-0.15, -0.1) is 0 Å². The second-order valence-corrected chi connectivity index (χ2v) is 9.61. The number of carbonyl (C=O) groups is 1. The van der Waals surface area contributed by atoms with E-state index in [1.54, 1.807) is 24.3 Å². The molecule has 3 rings (SSSR count). The number of rotatable bonds is 5. The highest BCUT2D eigenvalue weighted by molar-refractivity contribution is 7.89. The summed E-state index contributed by atoms with van der Waals surface area (Å²) in [5, 5.41) is 0. The first-order valence-electron chi connectivity index (χ1n) is 9.73. The molecule has 0 unspecified atom stereocenters. The predicted molar refractivity (Wildman–Crippen MR) is 114 cm³/mol. The monoisotopic (exact) mass is 413 g/mol. The van der Waals surface area contributed by atoms with E-state index in [2.05, 4.69) is 6.58 Å². The number of nitrogens with zero attached hydrogens (tertiary/aromatic N) is 1. The average Bonchev–Trinajstić information content (AvgIpc) is 2.78. The molecule has 29 heavy (non-hydrogen) atoms. The zero-order valence-electron chi connectivity index (χ0n) is 17.1. The summed E-state index contributed by atoms with van der Waals surface area (Å²) in [6.45, 7) is 9.99. The lowest BCUT2D eigenvalue weighted by molar-refractivity contribution is -0.151. The van der Waals surface area contributed by atoms with Gasteiger partial charge in [0.1, 0.15) is 12.6 Å². The Kier molecular flexibility index (Phi) is 6.24. The van der Waals surface area contributed by atoms with Crippen LogP contribution in [0.15, 0.2) is 60.0 Å². The van der Waals surface area contributed by atoms with Crippen LogP contribution in [0.4, 0.5) is 0 Å². The van der Waals surface area contributed by atoms with Gasteiger partial charge in [0.2, 0.25) is 10.0 Å². The molecule has 1 atom stereocenters. The summed E-state index contributed by atoms with van der Waals surface area (Å²) in [5.41, 5.74) is 3.35. The summed E-state index contributed by atoms with van der Waals surface area (Å²) < 4.78 is 33.6. The Morgan fingerprint density at radius 2 is 1.79 bits per heavy atom. The van der Waals surface area contributed by atoms with Crippen LogP contribution in [0, 0.1) is 12.8 Å². The molecule has 0 saturated heterocycles. The molecule has 6 heteroatoms. The molecule has 0 amide bonds. The largest absolute Gasteiger partial charge is 0.460 e. The second-order valence-electron chi connectivity index (χ2n) is 7.75. The molecular weight excluding hydrogens is 386 g/mol. The predicted octanol–water partition coefficient (Wildman–Crippen LogP) is 4.17. The zero-order chi connectivity index (χ0) is 21.2. The highest BCUT2D eigenvalue weighted by atomic mass is 32.2. The first-order valence-corrected chi connectivity index (χ1v) is 11.2. The van der Waals surface area contributed by atoms with Crippen LogP contribution >= 0.6 is 0 Å². The number of sulfonamides is 1. The Bertz CT molecular complexity index is 1010. The van der Waals surface area contributed by atoms with Gasteiger partial charge in [-0.05, 0) is 42.0 Å². The molecule has 1 heterocycles. The number of hydrogen-bond acceptors (Lipinski definition) is 4. The minimum absolute atomic E-state index is 0.111. The van der Waals surface area contributed by atoms with Gasteiger partial charge in [0.25, 0.3) is 0 Å². The third-order valence-electron chi connectivity index (χ3n) is 5.17. The van der Waals surface area contributed by atoms with Gasteiger partial charge < -0.3 is 4.74 Å². The van der Waals surface area contributed by atoms with E-state index in [0.717, 1.165) is 16.7 Å². The van der Waals surface area contributed by atoms with Crippen molar-refractivity contribution in [2.24, 2.45) is 5.92 Å². The van der Waals surface area contributed by atoms with Crippen LogP contribution in [-0.2, 0) is 26.2 Å². The summed E-state index contributed by atoms with van der Waals surface area (Å²) in [6.07, 6.45) is 0.463. The highest BCUT2D eigenvalue weighted by Gasteiger charge is 2.41. The Balaban J connectivity index is 1.89. The summed E-state index contributed by atoms with van der Waals surface area (Å²) in [4.78, 5) is 13.2. The van der Waals surface area contributed by atoms with Crippen molar-refractivity contribution in [3.8, 4) is 0 Å². The van der Waals surface area contributed by atoms with Crippen LogP contribution in [0.1, 0.15) is 37.0 Å². The summed E-state index contributed by atoms with van der Waals surface area (Å²) >= 11 is 0. The fourth-order valence-corrected chi connectivity index (χ4v) is 5.50. The van der Waals surface area contributed by atoms with Crippen molar-refractivity contribution in [3.05, 3.63) is 71.8 Å². The van der Waals surface area contributed by atoms with E-state index in [1.165, 1.54) is 4.31 Å². The maximum atomic E-state index is 13.4. The minimum atomic E-state index is -3.86. The Hall–Kier alpha value is -2.44. The van der Waals surface area contributed by atoms with Gasteiger partial charge in [0.05, 0.1) is 4.90 Å². The third-order valence-corrected chi connectivity index (χ3v) is 7.11. The van der Waals surface area contributed by atoms with Crippen molar-refractivity contribution in [1.82, 2.24) is 4.31 Å². The van der Waals surface area contributed by atoms with Gasteiger partial charge in [-0.25, -0.2) is 8.42 Å². The molecule has 1 aliphatic rings. The van der Waals surface area contributed by atoms with Crippen LogP contribution in [0.3, 0.4) is 0 Å². The average molecular weight is 414 g/mol. The van der Waals surface area contributed by atoms with E-state index in [0.29, 0.717) is 12.0 Å². The molecule has 0 bridgehead atoms. The maximum Gasteiger partial charge on any atom is 0.325 e. The molecule has 0 spiro atoms. The molecule has 5 nitrogen and oxygen atoms in total. The van der Waals surface area contributed by atoms with Crippen molar-refractivity contribution in [2.45, 2.75) is 44.7 Å². The van der Waals surface area contributed by atoms with E-state index < -0.39 is 22.0 Å². The van der Waals surface area contributed by atoms with E-state index in [4.69, 9.17) is 4.74 Å². The first-order chi connectivity index (χ1) is 13.7. The van der Waals surface area contributed by atoms with Crippen LogP contribution in [0.5, 0.6) is 0 Å². The van der Waals surface area contributed by atoms with Gasteiger partial charge >= 0.3 is 5.97 Å². The number of esters is 1. The second kappa shape index (κ2) is 8.51. The summed E-state index contributed by atoms with van der Waals surface area (Å²) in [7, 11) is -3.86. The number of hydrogen-bond donors (Lipinski definition) is 0. The number of carbonyl (C=O) groups excluding carboxylic acids is 1. The highest BCUT2D eigenvalue weighted by Crippen LogP contribution is 2.34. The van der Waals surface area contributed by atoms with Crippen LogP contribution < -0.4 is 0 Å². The Morgan fingerprint density at radius 1 is 1.14 bits per heavy atom. The van der Waals surface area contributed by atoms with E-state index >= 15 is 0 Å². The minimum Gasteiger partial charge on any atom is -0.460 e. The first kappa shape index (κ1) is 21.3. The maximum absolute atomic E-state index is 13.4. The molecule has 0 aromatic heterocycles. The lowest BCUT2D eigenvalue weighted by atomic mass is 10.0. The molecule has 0 N–H and O–H groups in total. The molecule has 0 saturated carbocycles. The summed E-state index contributed by atoms with van der Waals surface area (Å²) in [6, 6.07) is 13.6. The van der Waals surface area contributed by atoms with Gasteiger partial charge in [-0.3, -0.25) is 4.79 Å².